The zero-order chi connectivity index (χ0) is 11.5. The van der Waals surface area contributed by atoms with Crippen molar-refractivity contribution in [2.75, 3.05) is 0 Å². The van der Waals surface area contributed by atoms with E-state index in [-0.39, 0.29) is 5.78 Å². The second-order valence-electron chi connectivity index (χ2n) is 3.78. The molecule has 2 rings (SSSR count). The van der Waals surface area contributed by atoms with Crippen molar-refractivity contribution in [2.45, 2.75) is 19.8 Å². The predicted molar refractivity (Wildman–Crippen MR) is 62.2 cm³/mol. The SMILES string of the molecule is C=C(C)C(=O)CCc1nc2ccccc2o1. The lowest BCUT2D eigenvalue weighted by atomic mass is 10.1. The summed E-state index contributed by atoms with van der Waals surface area (Å²) < 4.78 is 5.51. The molecule has 0 aliphatic carbocycles. The second kappa shape index (κ2) is 4.31. The Hall–Kier alpha value is -1.90. The number of carbonyl (C=O) groups is 1. The number of hydrogen-bond donors (Lipinski definition) is 0. The zero-order valence-corrected chi connectivity index (χ0v) is 9.19. The molecule has 0 atom stereocenters. The average Bonchev–Trinajstić information content (AvgIpc) is 2.68. The lowest BCUT2D eigenvalue weighted by Crippen LogP contribution is -2.00. The van der Waals surface area contributed by atoms with Crippen LogP contribution in [0.15, 0.2) is 40.8 Å². The van der Waals surface area contributed by atoms with Crippen LogP contribution in [0.1, 0.15) is 19.2 Å². The molecule has 0 bridgehead atoms. The van der Waals surface area contributed by atoms with Crippen LogP contribution in [-0.2, 0) is 11.2 Å². The molecule has 0 saturated heterocycles. The first kappa shape index (κ1) is 10.6. The number of fused-ring (bicyclic) bond motifs is 1. The molecule has 2 aromatic rings. The van der Waals surface area contributed by atoms with Crippen molar-refractivity contribution >= 4 is 16.9 Å². The van der Waals surface area contributed by atoms with Gasteiger partial charge in [-0.05, 0) is 24.6 Å². The van der Waals surface area contributed by atoms with E-state index in [9.17, 15) is 4.79 Å². The summed E-state index contributed by atoms with van der Waals surface area (Å²) in [4.78, 5) is 15.7. The molecule has 0 N–H and O–H groups in total. The highest BCUT2D eigenvalue weighted by molar-refractivity contribution is 5.94. The predicted octanol–water partition coefficient (Wildman–Crippen LogP) is 2.91. The van der Waals surface area contributed by atoms with E-state index in [1.54, 1.807) is 6.92 Å². The van der Waals surface area contributed by atoms with Crippen molar-refractivity contribution in [3.05, 3.63) is 42.3 Å². The number of allylic oxidation sites excluding steroid dienone is 1. The van der Waals surface area contributed by atoms with E-state index in [4.69, 9.17) is 4.42 Å². The maximum atomic E-state index is 11.4. The van der Waals surface area contributed by atoms with E-state index in [0.717, 1.165) is 11.1 Å². The van der Waals surface area contributed by atoms with E-state index in [2.05, 4.69) is 11.6 Å². The van der Waals surface area contributed by atoms with Crippen LogP contribution in [0, 0.1) is 0 Å². The number of carbonyl (C=O) groups excluding carboxylic acids is 1. The molecule has 3 nitrogen and oxygen atoms in total. The molecule has 0 aliphatic heterocycles. The third-order valence-corrected chi connectivity index (χ3v) is 2.38. The molecule has 0 amide bonds. The van der Waals surface area contributed by atoms with Crippen molar-refractivity contribution in [1.29, 1.82) is 0 Å². The van der Waals surface area contributed by atoms with Crippen LogP contribution in [0.25, 0.3) is 11.1 Å². The number of para-hydroxylation sites is 2. The maximum absolute atomic E-state index is 11.4. The monoisotopic (exact) mass is 215 g/mol. The summed E-state index contributed by atoms with van der Waals surface area (Å²) in [5.41, 5.74) is 2.18. The number of hydrogen-bond acceptors (Lipinski definition) is 3. The number of Topliss-reactive ketones (excluding diaryl/α,β-unsaturated/α-hetero) is 1. The Morgan fingerprint density at radius 2 is 2.19 bits per heavy atom. The van der Waals surface area contributed by atoms with Crippen molar-refractivity contribution in [3.63, 3.8) is 0 Å². The average molecular weight is 215 g/mol. The van der Waals surface area contributed by atoms with Crippen molar-refractivity contribution in [2.24, 2.45) is 0 Å². The molecular formula is C13H13NO2. The van der Waals surface area contributed by atoms with Crippen LogP contribution >= 0.6 is 0 Å². The van der Waals surface area contributed by atoms with Gasteiger partial charge in [0.05, 0.1) is 0 Å². The fraction of sp³-hybridized carbons (Fsp3) is 0.231. The normalized spacial score (nSPS) is 10.6. The molecule has 0 aliphatic rings. The van der Waals surface area contributed by atoms with E-state index in [1.165, 1.54) is 0 Å². The minimum absolute atomic E-state index is 0.0576. The Balaban J connectivity index is 2.10. The van der Waals surface area contributed by atoms with Gasteiger partial charge in [-0.1, -0.05) is 18.7 Å². The van der Waals surface area contributed by atoms with E-state index in [0.29, 0.717) is 24.3 Å². The number of nitrogens with zero attached hydrogens (tertiary/aromatic N) is 1. The van der Waals surface area contributed by atoms with Gasteiger partial charge >= 0.3 is 0 Å². The molecular weight excluding hydrogens is 202 g/mol. The lowest BCUT2D eigenvalue weighted by Gasteiger charge is -1.95. The first-order chi connectivity index (χ1) is 7.66. The summed E-state index contributed by atoms with van der Waals surface area (Å²) in [7, 11) is 0. The largest absolute Gasteiger partial charge is 0.441 e. The fourth-order valence-corrected chi connectivity index (χ4v) is 1.46. The van der Waals surface area contributed by atoms with Gasteiger partial charge in [0.2, 0.25) is 0 Å². The highest BCUT2D eigenvalue weighted by atomic mass is 16.3. The fourth-order valence-electron chi connectivity index (χ4n) is 1.46. The van der Waals surface area contributed by atoms with Gasteiger partial charge in [-0.2, -0.15) is 0 Å². The van der Waals surface area contributed by atoms with Crippen molar-refractivity contribution in [1.82, 2.24) is 4.98 Å². The summed E-state index contributed by atoms with van der Waals surface area (Å²) in [6.45, 7) is 5.33. The quantitative estimate of drug-likeness (QED) is 0.736. The number of rotatable bonds is 4. The highest BCUT2D eigenvalue weighted by Crippen LogP contribution is 2.16. The van der Waals surface area contributed by atoms with Crippen molar-refractivity contribution in [3.8, 4) is 0 Å². The molecule has 1 aromatic carbocycles. The molecule has 0 spiro atoms. The van der Waals surface area contributed by atoms with Gasteiger partial charge in [0.15, 0.2) is 17.3 Å². The zero-order valence-electron chi connectivity index (χ0n) is 9.19. The number of aryl methyl sites for hydroxylation is 1. The smallest absolute Gasteiger partial charge is 0.195 e. The minimum atomic E-state index is 0.0576. The number of ketones is 1. The first-order valence-electron chi connectivity index (χ1n) is 5.20. The molecule has 0 radical (unpaired) electrons. The summed E-state index contributed by atoms with van der Waals surface area (Å²) in [6.07, 6.45) is 0.933. The molecule has 1 heterocycles. The Bertz CT molecular complexity index is 507. The lowest BCUT2D eigenvalue weighted by molar-refractivity contribution is -0.115. The van der Waals surface area contributed by atoms with Gasteiger partial charge in [0.25, 0.3) is 0 Å². The van der Waals surface area contributed by atoms with Crippen LogP contribution < -0.4 is 0 Å². The van der Waals surface area contributed by atoms with Crippen molar-refractivity contribution < 1.29 is 9.21 Å². The summed E-state index contributed by atoms with van der Waals surface area (Å²) in [5.74, 6) is 0.665. The number of oxazole rings is 1. The molecule has 0 saturated carbocycles. The molecule has 3 heteroatoms. The Morgan fingerprint density at radius 1 is 1.44 bits per heavy atom. The molecule has 0 fully saturated rings. The molecule has 1 aromatic heterocycles. The highest BCUT2D eigenvalue weighted by Gasteiger charge is 2.08. The summed E-state index contributed by atoms with van der Waals surface area (Å²) in [5, 5.41) is 0. The molecule has 82 valence electrons. The first-order valence-corrected chi connectivity index (χ1v) is 5.20. The van der Waals surface area contributed by atoms with Gasteiger partial charge < -0.3 is 4.42 Å². The van der Waals surface area contributed by atoms with E-state index < -0.39 is 0 Å². The molecule has 16 heavy (non-hydrogen) atoms. The number of aromatic nitrogens is 1. The Morgan fingerprint density at radius 3 is 2.88 bits per heavy atom. The van der Waals surface area contributed by atoms with Gasteiger partial charge in [0.1, 0.15) is 5.52 Å². The van der Waals surface area contributed by atoms with Gasteiger partial charge in [-0.3, -0.25) is 4.79 Å². The maximum Gasteiger partial charge on any atom is 0.195 e. The van der Waals surface area contributed by atoms with Gasteiger partial charge in [0, 0.05) is 12.8 Å². The summed E-state index contributed by atoms with van der Waals surface area (Å²) >= 11 is 0. The standard InChI is InChI=1S/C13H13NO2/c1-9(2)11(15)7-8-13-14-10-5-3-4-6-12(10)16-13/h3-6H,1,7-8H2,2H3. The third kappa shape index (κ3) is 2.19. The third-order valence-electron chi connectivity index (χ3n) is 2.38. The second-order valence-corrected chi connectivity index (χ2v) is 3.78. The summed E-state index contributed by atoms with van der Waals surface area (Å²) in [6, 6.07) is 7.57. The van der Waals surface area contributed by atoms with E-state index in [1.807, 2.05) is 24.3 Å². The minimum Gasteiger partial charge on any atom is -0.441 e. The van der Waals surface area contributed by atoms with Crippen LogP contribution in [0.4, 0.5) is 0 Å². The Labute approximate surface area is 93.8 Å². The topological polar surface area (TPSA) is 43.1 Å². The van der Waals surface area contributed by atoms with E-state index >= 15 is 0 Å². The van der Waals surface area contributed by atoms with Gasteiger partial charge in [-0.25, -0.2) is 4.98 Å². The van der Waals surface area contributed by atoms with Crippen LogP contribution in [0.3, 0.4) is 0 Å². The van der Waals surface area contributed by atoms with Crippen LogP contribution in [-0.4, -0.2) is 10.8 Å². The van der Waals surface area contributed by atoms with Gasteiger partial charge in [-0.15, -0.1) is 0 Å². The van der Waals surface area contributed by atoms with Crippen LogP contribution in [0.2, 0.25) is 0 Å². The van der Waals surface area contributed by atoms with Crippen LogP contribution in [0.5, 0.6) is 0 Å². The Kier molecular flexibility index (Phi) is 2.86. The number of benzene rings is 1. The molecule has 0 unspecified atom stereocenters.